The molecule has 3 nitrogen and oxygen atoms in total. The molecule has 0 heterocycles. The summed E-state index contributed by atoms with van der Waals surface area (Å²) in [6.45, 7) is 5.92. The molecule has 0 aliphatic heterocycles. The van der Waals surface area contributed by atoms with Crippen LogP contribution in [0.4, 0.5) is 5.69 Å². The number of aliphatic imine (C=N–C) groups is 1. The Kier molecular flexibility index (Phi) is 5.24. The zero-order valence-corrected chi connectivity index (χ0v) is 14.7. The average Bonchev–Trinajstić information content (AvgIpc) is 2.67. The molecule has 0 bridgehead atoms. The number of rotatable bonds is 4. The first-order valence-corrected chi connectivity index (χ1v) is 8.49. The standard InChI is InChI=1S/C22H23N3/c1-17-11-7-8-14-19(17)20-15-9-10-16-21(20)25(3)24-22(23-2)18-12-5-4-6-13-18/h4-17,19H,2H2,1,3H3/b24-22-. The Labute approximate surface area is 149 Å². The summed E-state index contributed by atoms with van der Waals surface area (Å²) in [5.41, 5.74) is 3.30. The highest BCUT2D eigenvalue weighted by molar-refractivity contribution is 6.01. The van der Waals surface area contributed by atoms with Crippen molar-refractivity contribution in [2.24, 2.45) is 16.0 Å². The van der Waals surface area contributed by atoms with Gasteiger partial charge in [-0.25, -0.2) is 4.99 Å². The van der Waals surface area contributed by atoms with Gasteiger partial charge in [0.25, 0.3) is 0 Å². The molecule has 3 heteroatoms. The third-order valence-electron chi connectivity index (χ3n) is 4.48. The van der Waals surface area contributed by atoms with Crippen LogP contribution in [0.5, 0.6) is 0 Å². The first-order valence-electron chi connectivity index (χ1n) is 8.49. The molecule has 0 saturated carbocycles. The molecule has 0 radical (unpaired) electrons. The Bertz CT molecular complexity index is 818. The summed E-state index contributed by atoms with van der Waals surface area (Å²) in [6, 6.07) is 18.3. The van der Waals surface area contributed by atoms with Gasteiger partial charge in [0.2, 0.25) is 0 Å². The molecular formula is C22H23N3. The highest BCUT2D eigenvalue weighted by atomic mass is 15.5. The average molecular weight is 329 g/mol. The van der Waals surface area contributed by atoms with Gasteiger partial charge in [0.05, 0.1) is 5.69 Å². The molecule has 0 saturated heterocycles. The second kappa shape index (κ2) is 7.75. The molecule has 2 aromatic carbocycles. The Hall–Kier alpha value is -2.94. The minimum atomic E-state index is 0.343. The fraction of sp³-hybridized carbons (Fsp3) is 0.182. The van der Waals surface area contributed by atoms with Crippen molar-refractivity contribution in [1.82, 2.24) is 0 Å². The van der Waals surface area contributed by atoms with Crippen molar-refractivity contribution in [3.05, 3.63) is 90.0 Å². The van der Waals surface area contributed by atoms with E-state index >= 15 is 0 Å². The van der Waals surface area contributed by atoms with Crippen molar-refractivity contribution in [2.75, 3.05) is 12.1 Å². The SMILES string of the molecule is C=N/C(=N\N(C)c1ccccc1C1C=CC=CC1C)c1ccccc1. The lowest BCUT2D eigenvalue weighted by Crippen LogP contribution is -2.17. The van der Waals surface area contributed by atoms with Crippen LogP contribution in [-0.2, 0) is 0 Å². The van der Waals surface area contributed by atoms with Crippen LogP contribution in [0.2, 0.25) is 0 Å². The zero-order chi connectivity index (χ0) is 17.6. The first kappa shape index (κ1) is 16.9. The lowest BCUT2D eigenvalue weighted by atomic mass is 9.83. The van der Waals surface area contributed by atoms with Crippen molar-refractivity contribution in [2.45, 2.75) is 12.8 Å². The Morgan fingerprint density at radius 1 is 0.960 bits per heavy atom. The van der Waals surface area contributed by atoms with Crippen molar-refractivity contribution in [3.63, 3.8) is 0 Å². The van der Waals surface area contributed by atoms with Crippen molar-refractivity contribution >= 4 is 18.2 Å². The summed E-state index contributed by atoms with van der Waals surface area (Å²) in [6.07, 6.45) is 8.72. The monoisotopic (exact) mass is 329 g/mol. The normalized spacial score (nSPS) is 19.7. The number of benzene rings is 2. The summed E-state index contributed by atoms with van der Waals surface area (Å²) in [5.74, 6) is 1.41. The van der Waals surface area contributed by atoms with Gasteiger partial charge in [-0.3, -0.25) is 5.01 Å². The van der Waals surface area contributed by atoms with Crippen molar-refractivity contribution < 1.29 is 0 Å². The van der Waals surface area contributed by atoms with Crippen LogP contribution in [0, 0.1) is 5.92 Å². The quantitative estimate of drug-likeness (QED) is 0.439. The summed E-state index contributed by atoms with van der Waals surface area (Å²) in [7, 11) is 1.96. The summed E-state index contributed by atoms with van der Waals surface area (Å²) in [4.78, 5) is 4.11. The largest absolute Gasteiger partial charge is 0.266 e. The molecule has 0 fully saturated rings. The summed E-state index contributed by atoms with van der Waals surface area (Å²) in [5, 5.41) is 6.59. The molecule has 126 valence electrons. The van der Waals surface area contributed by atoms with E-state index in [4.69, 9.17) is 5.10 Å². The topological polar surface area (TPSA) is 28.0 Å². The van der Waals surface area contributed by atoms with E-state index in [0.717, 1.165) is 11.3 Å². The van der Waals surface area contributed by atoms with E-state index in [1.54, 1.807) is 0 Å². The van der Waals surface area contributed by atoms with Gasteiger partial charge < -0.3 is 0 Å². The number of amidine groups is 1. The highest BCUT2D eigenvalue weighted by Crippen LogP contribution is 2.35. The molecule has 0 spiro atoms. The molecule has 0 amide bonds. The number of hydrazone groups is 1. The van der Waals surface area contributed by atoms with Crippen LogP contribution in [0.3, 0.4) is 0 Å². The van der Waals surface area contributed by atoms with Crippen LogP contribution >= 0.6 is 0 Å². The van der Waals surface area contributed by atoms with Crippen LogP contribution in [-0.4, -0.2) is 19.6 Å². The van der Waals surface area contributed by atoms with Gasteiger partial charge in [0, 0.05) is 18.5 Å². The summed E-state index contributed by atoms with van der Waals surface area (Å²) < 4.78 is 0. The van der Waals surface area contributed by atoms with Gasteiger partial charge in [0.15, 0.2) is 5.84 Å². The van der Waals surface area contributed by atoms with Gasteiger partial charge in [-0.1, -0.05) is 79.8 Å². The maximum atomic E-state index is 4.69. The van der Waals surface area contributed by atoms with Crippen molar-refractivity contribution in [3.8, 4) is 0 Å². The lowest BCUT2D eigenvalue weighted by molar-refractivity contribution is 0.634. The minimum Gasteiger partial charge on any atom is -0.266 e. The van der Waals surface area contributed by atoms with E-state index in [1.807, 2.05) is 48.5 Å². The van der Waals surface area contributed by atoms with E-state index < -0.39 is 0 Å². The van der Waals surface area contributed by atoms with Crippen molar-refractivity contribution in [1.29, 1.82) is 0 Å². The van der Waals surface area contributed by atoms with E-state index in [9.17, 15) is 0 Å². The zero-order valence-electron chi connectivity index (χ0n) is 14.7. The fourth-order valence-corrected chi connectivity index (χ4v) is 3.13. The molecule has 25 heavy (non-hydrogen) atoms. The number of hydrogen-bond acceptors (Lipinski definition) is 2. The molecule has 0 N–H and O–H groups in total. The third kappa shape index (κ3) is 3.77. The molecule has 3 rings (SSSR count). The van der Waals surface area contributed by atoms with E-state index in [2.05, 4.69) is 61.1 Å². The van der Waals surface area contributed by atoms with Gasteiger partial charge in [0.1, 0.15) is 0 Å². The van der Waals surface area contributed by atoms with E-state index in [0.29, 0.717) is 17.7 Å². The van der Waals surface area contributed by atoms with Crippen LogP contribution < -0.4 is 5.01 Å². The number of para-hydroxylation sites is 1. The maximum Gasteiger partial charge on any atom is 0.178 e. The molecule has 1 aliphatic rings. The molecular weight excluding hydrogens is 306 g/mol. The summed E-state index contributed by atoms with van der Waals surface area (Å²) >= 11 is 0. The van der Waals surface area contributed by atoms with Crippen LogP contribution in [0.25, 0.3) is 0 Å². The highest BCUT2D eigenvalue weighted by Gasteiger charge is 2.20. The number of allylic oxidation sites excluding steroid dienone is 4. The predicted octanol–water partition coefficient (Wildman–Crippen LogP) is 5.03. The smallest absolute Gasteiger partial charge is 0.178 e. The molecule has 0 aromatic heterocycles. The van der Waals surface area contributed by atoms with Crippen LogP contribution in [0.1, 0.15) is 24.0 Å². The van der Waals surface area contributed by atoms with E-state index in [1.165, 1.54) is 5.56 Å². The third-order valence-corrected chi connectivity index (χ3v) is 4.48. The number of hydrogen-bond donors (Lipinski definition) is 0. The van der Waals surface area contributed by atoms with Gasteiger partial charge in [-0.2, -0.15) is 5.10 Å². The van der Waals surface area contributed by atoms with Gasteiger partial charge >= 0.3 is 0 Å². The Morgan fingerprint density at radius 2 is 1.64 bits per heavy atom. The lowest BCUT2D eigenvalue weighted by Gasteiger charge is -2.26. The Morgan fingerprint density at radius 3 is 2.36 bits per heavy atom. The molecule has 2 unspecified atom stereocenters. The predicted molar refractivity (Wildman–Crippen MR) is 108 cm³/mol. The fourth-order valence-electron chi connectivity index (χ4n) is 3.13. The number of nitrogens with zero attached hydrogens (tertiary/aromatic N) is 3. The minimum absolute atomic E-state index is 0.343. The van der Waals surface area contributed by atoms with Crippen LogP contribution in [0.15, 0.2) is 89.0 Å². The second-order valence-electron chi connectivity index (χ2n) is 6.18. The molecule has 1 aliphatic carbocycles. The molecule has 2 aromatic rings. The first-order chi connectivity index (χ1) is 12.2. The van der Waals surface area contributed by atoms with E-state index in [-0.39, 0.29) is 0 Å². The maximum absolute atomic E-state index is 4.69. The molecule has 2 atom stereocenters. The van der Waals surface area contributed by atoms with Gasteiger partial charge in [-0.15, -0.1) is 0 Å². The van der Waals surface area contributed by atoms with Gasteiger partial charge in [-0.05, 0) is 24.3 Å². The second-order valence-corrected chi connectivity index (χ2v) is 6.18. The Balaban J connectivity index is 1.96. The number of anilines is 1.